The molecule has 0 bridgehead atoms. The van der Waals surface area contributed by atoms with E-state index in [9.17, 15) is 8.42 Å². The van der Waals surface area contributed by atoms with Crippen LogP contribution in [0.5, 0.6) is 0 Å². The molecular formula is C22H24N2O2S. The van der Waals surface area contributed by atoms with Gasteiger partial charge in [0.05, 0.1) is 4.91 Å². The van der Waals surface area contributed by atoms with E-state index in [1.165, 1.54) is 10.9 Å². The maximum absolute atomic E-state index is 12.4. The fourth-order valence-electron chi connectivity index (χ4n) is 3.34. The summed E-state index contributed by atoms with van der Waals surface area (Å²) in [7, 11) is -3.40. The molecule has 1 heterocycles. The summed E-state index contributed by atoms with van der Waals surface area (Å²) in [5.41, 5.74) is 6.59. The van der Waals surface area contributed by atoms with Crippen LogP contribution in [0.2, 0.25) is 0 Å². The van der Waals surface area contributed by atoms with E-state index in [-0.39, 0.29) is 6.04 Å². The second-order valence-electron chi connectivity index (χ2n) is 7.45. The summed E-state index contributed by atoms with van der Waals surface area (Å²) in [5.74, 6) is 0. The number of hydrogen-bond donors (Lipinski definition) is 2. The number of nitrogens with one attached hydrogen (secondary N) is 2. The first-order valence-corrected chi connectivity index (χ1v) is 10.7. The summed E-state index contributed by atoms with van der Waals surface area (Å²) in [6, 6.07) is 12.8. The van der Waals surface area contributed by atoms with E-state index in [0.717, 1.165) is 40.6 Å². The zero-order valence-corrected chi connectivity index (χ0v) is 16.7. The van der Waals surface area contributed by atoms with E-state index in [1.807, 2.05) is 13.1 Å². The highest BCUT2D eigenvalue weighted by Crippen LogP contribution is 2.30. The average molecular weight is 381 g/mol. The van der Waals surface area contributed by atoms with Crippen LogP contribution < -0.4 is 4.72 Å². The number of hydrogen-bond acceptors (Lipinski definition) is 2. The van der Waals surface area contributed by atoms with Gasteiger partial charge in [0.2, 0.25) is 10.0 Å². The third-order valence-electron chi connectivity index (χ3n) is 5.16. The van der Waals surface area contributed by atoms with Crippen molar-refractivity contribution in [3.05, 3.63) is 64.2 Å². The van der Waals surface area contributed by atoms with Gasteiger partial charge in [-0.2, -0.15) is 0 Å². The number of aryl methyl sites for hydroxylation is 2. The number of H-pyrrole nitrogens is 1. The van der Waals surface area contributed by atoms with E-state index >= 15 is 0 Å². The lowest BCUT2D eigenvalue weighted by molar-refractivity contribution is 0.588. The summed E-state index contributed by atoms with van der Waals surface area (Å²) in [6.45, 7) is 5.75. The SMILES string of the molecule is C/C(=C\c1cc(C)c(-c2ccc3[nH]ccc3c2)cc1C)S(=O)(=O)NC1CC1. The van der Waals surface area contributed by atoms with Crippen LogP contribution in [0.15, 0.2) is 47.5 Å². The Bertz CT molecular complexity index is 1150. The Morgan fingerprint density at radius 2 is 1.89 bits per heavy atom. The lowest BCUT2D eigenvalue weighted by Gasteiger charge is -2.12. The molecule has 3 aromatic rings. The molecule has 1 aliphatic rings. The number of fused-ring (bicyclic) bond motifs is 1. The number of rotatable bonds is 5. The Morgan fingerprint density at radius 3 is 2.63 bits per heavy atom. The smallest absolute Gasteiger partial charge is 0.236 e. The molecule has 27 heavy (non-hydrogen) atoms. The van der Waals surface area contributed by atoms with Crippen LogP contribution >= 0.6 is 0 Å². The Hall–Kier alpha value is -2.37. The number of aromatic nitrogens is 1. The zero-order chi connectivity index (χ0) is 19.2. The minimum atomic E-state index is -3.40. The fraction of sp³-hybridized carbons (Fsp3) is 0.273. The van der Waals surface area contributed by atoms with Crippen molar-refractivity contribution in [1.82, 2.24) is 9.71 Å². The van der Waals surface area contributed by atoms with Gasteiger partial charge in [0.1, 0.15) is 0 Å². The third kappa shape index (κ3) is 3.70. The molecule has 1 saturated carbocycles. The second-order valence-corrected chi connectivity index (χ2v) is 9.34. The molecule has 5 heteroatoms. The lowest BCUT2D eigenvalue weighted by atomic mass is 9.94. The summed E-state index contributed by atoms with van der Waals surface area (Å²) >= 11 is 0. The number of allylic oxidation sites excluding steroid dienone is 1. The van der Waals surface area contributed by atoms with Crippen LogP contribution in [-0.2, 0) is 10.0 Å². The number of aromatic amines is 1. The van der Waals surface area contributed by atoms with Crippen molar-refractivity contribution in [3.8, 4) is 11.1 Å². The van der Waals surface area contributed by atoms with Crippen molar-refractivity contribution in [1.29, 1.82) is 0 Å². The minimum absolute atomic E-state index is 0.118. The molecule has 4 nitrogen and oxygen atoms in total. The summed E-state index contributed by atoms with van der Waals surface area (Å²) in [6.07, 6.45) is 5.58. The average Bonchev–Trinajstić information content (AvgIpc) is 3.29. The van der Waals surface area contributed by atoms with Gasteiger partial charge < -0.3 is 4.98 Å². The van der Waals surface area contributed by atoms with Crippen LogP contribution in [0.4, 0.5) is 0 Å². The van der Waals surface area contributed by atoms with E-state index in [4.69, 9.17) is 0 Å². The van der Waals surface area contributed by atoms with Gasteiger partial charge >= 0.3 is 0 Å². The van der Waals surface area contributed by atoms with Crippen LogP contribution in [0.1, 0.15) is 36.5 Å². The Kier molecular flexibility index (Phi) is 4.44. The molecule has 0 aliphatic heterocycles. The molecule has 0 unspecified atom stereocenters. The molecule has 1 aromatic heterocycles. The second kappa shape index (κ2) is 6.66. The number of benzene rings is 2. The topological polar surface area (TPSA) is 62.0 Å². The van der Waals surface area contributed by atoms with Gasteiger partial charge in [-0.15, -0.1) is 0 Å². The van der Waals surface area contributed by atoms with Gasteiger partial charge in [-0.1, -0.05) is 18.2 Å². The highest BCUT2D eigenvalue weighted by atomic mass is 32.2. The Morgan fingerprint density at radius 1 is 1.11 bits per heavy atom. The van der Waals surface area contributed by atoms with Crippen molar-refractivity contribution in [2.45, 2.75) is 39.7 Å². The van der Waals surface area contributed by atoms with Gasteiger partial charge in [-0.05, 0) is 91.1 Å². The van der Waals surface area contributed by atoms with E-state index in [0.29, 0.717) is 4.91 Å². The highest BCUT2D eigenvalue weighted by molar-refractivity contribution is 7.93. The molecule has 1 aliphatic carbocycles. The van der Waals surface area contributed by atoms with Gasteiger partial charge in [0.25, 0.3) is 0 Å². The summed E-state index contributed by atoms with van der Waals surface area (Å²) in [5, 5.41) is 1.18. The molecule has 0 amide bonds. The standard InChI is InChI=1S/C22H24N2O2S/c1-14-11-21(17-4-7-22-18(13-17)8-9-23-22)15(2)10-19(14)12-16(3)27(25,26)24-20-5-6-20/h4,7-13,20,23-24H,5-6H2,1-3H3/b16-12+. The van der Waals surface area contributed by atoms with E-state index in [1.54, 1.807) is 13.0 Å². The molecule has 2 N–H and O–H groups in total. The Labute approximate surface area is 160 Å². The molecule has 0 saturated heterocycles. The maximum atomic E-state index is 12.4. The summed E-state index contributed by atoms with van der Waals surface area (Å²) in [4.78, 5) is 3.58. The normalized spacial score (nSPS) is 15.4. The quantitative estimate of drug-likeness (QED) is 0.662. The first-order chi connectivity index (χ1) is 12.8. The lowest BCUT2D eigenvalue weighted by Crippen LogP contribution is -2.26. The highest BCUT2D eigenvalue weighted by Gasteiger charge is 2.27. The first kappa shape index (κ1) is 18.0. The zero-order valence-electron chi connectivity index (χ0n) is 15.8. The predicted molar refractivity (Wildman–Crippen MR) is 112 cm³/mol. The van der Waals surface area contributed by atoms with Gasteiger partial charge in [-0.25, -0.2) is 13.1 Å². The molecule has 140 valence electrons. The largest absolute Gasteiger partial charge is 0.361 e. The monoisotopic (exact) mass is 380 g/mol. The maximum Gasteiger partial charge on any atom is 0.236 e. The number of sulfonamides is 1. The first-order valence-electron chi connectivity index (χ1n) is 9.23. The molecule has 1 fully saturated rings. The van der Waals surface area contributed by atoms with Crippen molar-refractivity contribution in [3.63, 3.8) is 0 Å². The van der Waals surface area contributed by atoms with Gasteiger partial charge in [0.15, 0.2) is 0 Å². The minimum Gasteiger partial charge on any atom is -0.361 e. The summed E-state index contributed by atoms with van der Waals surface area (Å²) < 4.78 is 27.5. The van der Waals surface area contributed by atoms with Gasteiger partial charge in [-0.3, -0.25) is 0 Å². The van der Waals surface area contributed by atoms with Crippen molar-refractivity contribution >= 4 is 27.0 Å². The van der Waals surface area contributed by atoms with Crippen molar-refractivity contribution in [2.75, 3.05) is 0 Å². The molecule has 0 spiro atoms. The van der Waals surface area contributed by atoms with Crippen LogP contribution in [-0.4, -0.2) is 19.4 Å². The van der Waals surface area contributed by atoms with Crippen molar-refractivity contribution < 1.29 is 8.42 Å². The Balaban J connectivity index is 1.70. The predicted octanol–water partition coefficient (Wildman–Crippen LogP) is 4.89. The third-order valence-corrected chi connectivity index (χ3v) is 6.77. The fourth-order valence-corrected chi connectivity index (χ4v) is 4.48. The van der Waals surface area contributed by atoms with E-state index < -0.39 is 10.0 Å². The molecule has 4 rings (SSSR count). The van der Waals surface area contributed by atoms with Gasteiger partial charge in [0, 0.05) is 17.8 Å². The van der Waals surface area contributed by atoms with Crippen LogP contribution in [0, 0.1) is 13.8 Å². The van der Waals surface area contributed by atoms with E-state index in [2.05, 4.69) is 53.0 Å². The molecular weight excluding hydrogens is 356 g/mol. The van der Waals surface area contributed by atoms with Crippen molar-refractivity contribution in [2.24, 2.45) is 0 Å². The molecule has 2 aromatic carbocycles. The van der Waals surface area contributed by atoms with Crippen LogP contribution in [0.3, 0.4) is 0 Å². The van der Waals surface area contributed by atoms with Crippen LogP contribution in [0.25, 0.3) is 28.1 Å². The molecule has 0 atom stereocenters. The molecule has 0 radical (unpaired) electrons.